The minimum absolute atomic E-state index is 0.0480. The minimum atomic E-state index is -0.678. The van der Waals surface area contributed by atoms with Crippen molar-refractivity contribution in [2.45, 2.75) is 18.1 Å². The molecule has 2 aromatic carbocycles. The van der Waals surface area contributed by atoms with Gasteiger partial charge < -0.3 is 14.8 Å². The van der Waals surface area contributed by atoms with Crippen molar-refractivity contribution in [3.8, 4) is 5.75 Å². The molecule has 1 atom stereocenters. The highest BCUT2D eigenvalue weighted by molar-refractivity contribution is 8.15. The zero-order chi connectivity index (χ0) is 26.2. The fourth-order valence-corrected chi connectivity index (χ4v) is 5.27. The molecule has 2 fully saturated rings. The summed E-state index contributed by atoms with van der Waals surface area (Å²) in [7, 11) is 1.40. The molecule has 0 aromatic heterocycles. The van der Waals surface area contributed by atoms with E-state index in [1.54, 1.807) is 4.90 Å². The van der Waals surface area contributed by atoms with Gasteiger partial charge in [0, 0.05) is 32.6 Å². The van der Waals surface area contributed by atoms with Crippen molar-refractivity contribution in [1.29, 1.82) is 0 Å². The molecule has 0 unspecified atom stereocenters. The van der Waals surface area contributed by atoms with Crippen molar-refractivity contribution in [3.05, 3.63) is 58.6 Å². The third kappa shape index (κ3) is 7.06. The van der Waals surface area contributed by atoms with Crippen LogP contribution in [0.15, 0.2) is 53.5 Å². The summed E-state index contributed by atoms with van der Waals surface area (Å²) in [6.07, 6.45) is 0.623. The van der Waals surface area contributed by atoms with E-state index in [9.17, 15) is 19.7 Å². The molecular weight excluding hydrogens is 498 g/mol. The molecule has 0 spiro atoms. The van der Waals surface area contributed by atoms with E-state index < -0.39 is 16.1 Å². The molecule has 196 valence electrons. The first kappa shape index (κ1) is 26.6. The number of amidine groups is 1. The smallest absolute Gasteiger partial charge is 0.296 e. The number of amides is 2. The van der Waals surface area contributed by atoms with Gasteiger partial charge in [0.05, 0.1) is 37.0 Å². The van der Waals surface area contributed by atoms with Crippen LogP contribution in [0, 0.1) is 10.1 Å². The Bertz CT molecular complexity index is 1160. The molecule has 2 heterocycles. The molecule has 0 saturated carbocycles. The Labute approximate surface area is 219 Å². The standard InChI is InChI=1S/C25H29N5O6S/c1-35-19-8-9-20(21(16-19)30(33)34)27-23(31)17-22-24(32)29(11-5-10-28-12-14-36-15-13-28)25(37-22)26-18-6-3-2-4-7-18/h2-4,6-9,16,22H,5,10-15,17H2,1H3,(H,27,31)/t22-/m1/s1. The Morgan fingerprint density at radius 3 is 2.68 bits per heavy atom. The highest BCUT2D eigenvalue weighted by Crippen LogP contribution is 2.33. The summed E-state index contributed by atoms with van der Waals surface area (Å²) in [5, 5.41) is 13.9. The molecule has 2 aliphatic rings. The van der Waals surface area contributed by atoms with Gasteiger partial charge in [-0.05, 0) is 30.7 Å². The molecule has 2 aliphatic heterocycles. The number of methoxy groups -OCH3 is 1. The fraction of sp³-hybridized carbons (Fsp3) is 0.400. The summed E-state index contributed by atoms with van der Waals surface area (Å²) in [5.74, 6) is -0.380. The summed E-state index contributed by atoms with van der Waals surface area (Å²) in [6.45, 7) is 4.48. The van der Waals surface area contributed by atoms with E-state index in [0.717, 1.165) is 31.7 Å². The normalized spacial score (nSPS) is 19.3. The van der Waals surface area contributed by atoms with Gasteiger partial charge in [-0.1, -0.05) is 30.0 Å². The fourth-order valence-electron chi connectivity index (χ4n) is 4.09. The lowest BCUT2D eigenvalue weighted by atomic mass is 10.2. The molecule has 2 amide bonds. The van der Waals surface area contributed by atoms with Crippen LogP contribution in [0.3, 0.4) is 0 Å². The summed E-state index contributed by atoms with van der Waals surface area (Å²) in [6, 6.07) is 13.5. The second-order valence-electron chi connectivity index (χ2n) is 8.53. The van der Waals surface area contributed by atoms with E-state index in [1.165, 1.54) is 37.1 Å². The van der Waals surface area contributed by atoms with Gasteiger partial charge in [-0.15, -0.1) is 0 Å². The molecule has 0 radical (unpaired) electrons. The van der Waals surface area contributed by atoms with Crippen molar-refractivity contribution in [3.63, 3.8) is 0 Å². The van der Waals surface area contributed by atoms with Gasteiger partial charge in [-0.3, -0.25) is 29.5 Å². The van der Waals surface area contributed by atoms with Crippen molar-refractivity contribution in [1.82, 2.24) is 9.80 Å². The molecule has 2 saturated heterocycles. The van der Waals surface area contributed by atoms with Crippen LogP contribution in [0.25, 0.3) is 0 Å². The number of carbonyl (C=O) groups is 2. The minimum Gasteiger partial charge on any atom is -0.496 e. The number of nitrogens with zero attached hydrogens (tertiary/aromatic N) is 4. The van der Waals surface area contributed by atoms with Crippen LogP contribution in [0.1, 0.15) is 12.8 Å². The van der Waals surface area contributed by atoms with Crippen molar-refractivity contribution >= 4 is 45.8 Å². The van der Waals surface area contributed by atoms with Gasteiger partial charge in [0.15, 0.2) is 5.17 Å². The second-order valence-corrected chi connectivity index (χ2v) is 9.70. The molecule has 0 bridgehead atoms. The maximum atomic E-state index is 13.3. The van der Waals surface area contributed by atoms with Gasteiger partial charge in [0.25, 0.3) is 5.69 Å². The second kappa shape index (κ2) is 12.7. The molecule has 4 rings (SSSR count). The van der Waals surface area contributed by atoms with Crippen LogP contribution in [0.2, 0.25) is 0 Å². The topological polar surface area (TPSA) is 127 Å². The number of anilines is 1. The van der Waals surface area contributed by atoms with Gasteiger partial charge in [0.1, 0.15) is 16.7 Å². The molecule has 37 heavy (non-hydrogen) atoms. The van der Waals surface area contributed by atoms with Crippen LogP contribution in [-0.2, 0) is 14.3 Å². The monoisotopic (exact) mass is 527 g/mol. The summed E-state index contributed by atoms with van der Waals surface area (Å²) < 4.78 is 10.4. The number of aliphatic imine (C=N–C) groups is 1. The molecule has 2 aromatic rings. The maximum absolute atomic E-state index is 13.3. The van der Waals surface area contributed by atoms with E-state index in [2.05, 4.69) is 15.2 Å². The average molecular weight is 528 g/mol. The third-order valence-corrected chi connectivity index (χ3v) is 7.18. The van der Waals surface area contributed by atoms with E-state index in [-0.39, 0.29) is 23.7 Å². The highest BCUT2D eigenvalue weighted by Gasteiger charge is 2.39. The molecule has 12 heteroatoms. The summed E-state index contributed by atoms with van der Waals surface area (Å²) in [5.41, 5.74) is 0.482. The van der Waals surface area contributed by atoms with Gasteiger partial charge >= 0.3 is 0 Å². The van der Waals surface area contributed by atoms with Gasteiger partial charge in [-0.25, -0.2) is 4.99 Å². The first-order chi connectivity index (χ1) is 17.9. The number of nitrogens with one attached hydrogen (secondary N) is 1. The third-order valence-electron chi connectivity index (χ3n) is 6.01. The van der Waals surface area contributed by atoms with E-state index in [4.69, 9.17) is 9.47 Å². The number of morpholine rings is 1. The number of rotatable bonds is 10. The van der Waals surface area contributed by atoms with Crippen LogP contribution in [-0.4, -0.2) is 83.5 Å². The number of carbonyl (C=O) groups excluding carboxylic acids is 2. The molecular formula is C25H29N5O6S. The lowest BCUT2D eigenvalue weighted by Gasteiger charge is -2.27. The van der Waals surface area contributed by atoms with E-state index in [0.29, 0.717) is 30.7 Å². The molecule has 11 nitrogen and oxygen atoms in total. The van der Waals surface area contributed by atoms with Crippen LogP contribution in [0.5, 0.6) is 5.75 Å². The van der Waals surface area contributed by atoms with Crippen LogP contribution in [0.4, 0.5) is 17.1 Å². The Hall–Kier alpha value is -3.48. The number of ether oxygens (including phenoxy) is 2. The SMILES string of the molecule is COc1ccc(NC(=O)C[C@H]2SC(=Nc3ccccc3)N(CCCN3CCOCC3)C2=O)c([N+](=O)[O-])c1. The summed E-state index contributed by atoms with van der Waals surface area (Å²) in [4.78, 5) is 45.6. The zero-order valence-electron chi connectivity index (χ0n) is 20.5. The predicted molar refractivity (Wildman–Crippen MR) is 141 cm³/mol. The van der Waals surface area contributed by atoms with Gasteiger partial charge in [0.2, 0.25) is 11.8 Å². The van der Waals surface area contributed by atoms with E-state index >= 15 is 0 Å². The number of hydrogen-bond acceptors (Lipinski definition) is 9. The largest absolute Gasteiger partial charge is 0.496 e. The molecule has 0 aliphatic carbocycles. The number of nitro groups is 1. The Balaban J connectivity index is 1.44. The first-order valence-corrected chi connectivity index (χ1v) is 12.9. The van der Waals surface area contributed by atoms with Crippen molar-refractivity contribution in [2.75, 3.05) is 51.8 Å². The summed E-state index contributed by atoms with van der Waals surface area (Å²) >= 11 is 1.24. The zero-order valence-corrected chi connectivity index (χ0v) is 21.3. The van der Waals surface area contributed by atoms with Crippen LogP contribution >= 0.6 is 11.8 Å². The number of thioether (sulfide) groups is 1. The number of hydrogen-bond donors (Lipinski definition) is 1. The molecule has 1 N–H and O–H groups in total. The maximum Gasteiger partial charge on any atom is 0.296 e. The van der Waals surface area contributed by atoms with Gasteiger partial charge in [-0.2, -0.15) is 0 Å². The first-order valence-electron chi connectivity index (χ1n) is 12.0. The Morgan fingerprint density at radius 1 is 1.22 bits per heavy atom. The number of nitro benzene ring substituents is 1. The van der Waals surface area contributed by atoms with E-state index in [1.807, 2.05) is 30.3 Å². The van der Waals surface area contributed by atoms with Crippen LogP contribution < -0.4 is 10.1 Å². The Kier molecular flexibility index (Phi) is 9.09. The highest BCUT2D eigenvalue weighted by atomic mass is 32.2. The van der Waals surface area contributed by atoms with Crippen molar-refractivity contribution < 1.29 is 24.0 Å². The predicted octanol–water partition coefficient (Wildman–Crippen LogP) is 3.29. The lowest BCUT2D eigenvalue weighted by Crippen LogP contribution is -2.39. The quantitative estimate of drug-likeness (QED) is 0.368. The lowest BCUT2D eigenvalue weighted by molar-refractivity contribution is -0.384. The average Bonchev–Trinajstić information content (AvgIpc) is 3.18. The number of para-hydroxylation sites is 1. The number of benzene rings is 2. The van der Waals surface area contributed by atoms with Crippen molar-refractivity contribution in [2.24, 2.45) is 4.99 Å². The Morgan fingerprint density at radius 2 is 1.97 bits per heavy atom.